The van der Waals surface area contributed by atoms with Crippen LogP contribution in [0.4, 0.5) is 5.82 Å². The Bertz CT molecular complexity index is 553. The summed E-state index contributed by atoms with van der Waals surface area (Å²) < 4.78 is 0. The molecule has 0 radical (unpaired) electrons. The Balaban J connectivity index is 1.88. The highest BCUT2D eigenvalue weighted by atomic mass is 32.2. The van der Waals surface area contributed by atoms with Crippen LogP contribution in [-0.2, 0) is 0 Å². The van der Waals surface area contributed by atoms with Crippen molar-refractivity contribution in [2.45, 2.75) is 37.0 Å². The second-order valence-electron chi connectivity index (χ2n) is 5.09. The first kappa shape index (κ1) is 12.7. The maximum absolute atomic E-state index is 4.30. The van der Waals surface area contributed by atoms with E-state index in [2.05, 4.69) is 40.0 Å². The van der Waals surface area contributed by atoms with Crippen LogP contribution in [0.15, 0.2) is 30.5 Å². The highest BCUT2D eigenvalue weighted by Crippen LogP contribution is 2.30. The quantitative estimate of drug-likeness (QED) is 0.925. The average Bonchev–Trinajstić information content (AvgIpc) is 2.48. The first-order chi connectivity index (χ1) is 9.38. The summed E-state index contributed by atoms with van der Waals surface area (Å²) in [5, 5.41) is 15.0. The molecule has 2 atom stereocenters. The number of anilines is 1. The van der Waals surface area contributed by atoms with Crippen molar-refractivity contribution >= 4 is 28.4 Å². The number of hydrogen-bond donors (Lipinski definition) is 1. The summed E-state index contributed by atoms with van der Waals surface area (Å²) >= 11 is 1.97. The lowest BCUT2D eigenvalue weighted by molar-refractivity contribution is 0.474. The van der Waals surface area contributed by atoms with Crippen LogP contribution in [0.3, 0.4) is 0 Å². The van der Waals surface area contributed by atoms with Gasteiger partial charge < -0.3 is 5.32 Å². The molecule has 100 valence electrons. The molecular formula is C15H19N3S. The predicted octanol–water partition coefficient (Wildman–Crippen LogP) is 3.72. The Morgan fingerprint density at radius 3 is 2.95 bits per heavy atom. The van der Waals surface area contributed by atoms with Gasteiger partial charge in [0.2, 0.25) is 0 Å². The number of benzene rings is 1. The second kappa shape index (κ2) is 5.78. The van der Waals surface area contributed by atoms with Gasteiger partial charge in [0.15, 0.2) is 5.82 Å². The van der Waals surface area contributed by atoms with E-state index in [0.717, 1.165) is 11.2 Å². The Labute approximate surface area is 118 Å². The number of hydrogen-bond acceptors (Lipinski definition) is 4. The maximum Gasteiger partial charge on any atom is 0.156 e. The summed E-state index contributed by atoms with van der Waals surface area (Å²) in [6, 6.07) is 8.82. The lowest BCUT2D eigenvalue weighted by Gasteiger charge is -2.31. The van der Waals surface area contributed by atoms with Crippen LogP contribution in [0.25, 0.3) is 10.8 Å². The van der Waals surface area contributed by atoms with Crippen molar-refractivity contribution in [1.29, 1.82) is 0 Å². The van der Waals surface area contributed by atoms with E-state index in [0.29, 0.717) is 11.3 Å². The van der Waals surface area contributed by atoms with Crippen LogP contribution in [-0.4, -0.2) is 27.7 Å². The minimum Gasteiger partial charge on any atom is -0.364 e. The minimum absolute atomic E-state index is 0.517. The van der Waals surface area contributed by atoms with Gasteiger partial charge in [-0.3, -0.25) is 0 Å². The third-order valence-electron chi connectivity index (χ3n) is 3.90. The van der Waals surface area contributed by atoms with Gasteiger partial charge in [-0.15, -0.1) is 5.10 Å². The van der Waals surface area contributed by atoms with Gasteiger partial charge >= 0.3 is 0 Å². The summed E-state index contributed by atoms with van der Waals surface area (Å²) in [5.74, 6) is 0.934. The Hall–Kier alpha value is -1.29. The lowest BCUT2D eigenvalue weighted by atomic mass is 9.94. The van der Waals surface area contributed by atoms with Gasteiger partial charge in [0.1, 0.15) is 0 Å². The van der Waals surface area contributed by atoms with Crippen molar-refractivity contribution in [2.75, 3.05) is 11.6 Å². The lowest BCUT2D eigenvalue weighted by Crippen LogP contribution is -2.34. The molecule has 19 heavy (non-hydrogen) atoms. The van der Waals surface area contributed by atoms with Crippen LogP contribution in [0.1, 0.15) is 25.7 Å². The molecule has 0 bridgehead atoms. The van der Waals surface area contributed by atoms with Crippen LogP contribution in [0.2, 0.25) is 0 Å². The molecule has 0 amide bonds. The smallest absolute Gasteiger partial charge is 0.156 e. The van der Waals surface area contributed by atoms with Crippen molar-refractivity contribution in [3.05, 3.63) is 30.5 Å². The average molecular weight is 273 g/mol. The van der Waals surface area contributed by atoms with Gasteiger partial charge in [-0.05, 0) is 19.1 Å². The molecule has 1 N–H and O–H groups in total. The topological polar surface area (TPSA) is 37.8 Å². The summed E-state index contributed by atoms with van der Waals surface area (Å²) in [6.45, 7) is 0. The van der Waals surface area contributed by atoms with E-state index in [1.807, 2.05) is 24.0 Å². The number of fused-ring (bicyclic) bond motifs is 1. The van der Waals surface area contributed by atoms with Crippen molar-refractivity contribution < 1.29 is 0 Å². The van der Waals surface area contributed by atoms with Crippen LogP contribution in [0.5, 0.6) is 0 Å². The fourth-order valence-corrected chi connectivity index (χ4v) is 3.79. The van der Waals surface area contributed by atoms with E-state index in [-0.39, 0.29) is 0 Å². The van der Waals surface area contributed by atoms with E-state index >= 15 is 0 Å². The Kier molecular flexibility index (Phi) is 3.87. The van der Waals surface area contributed by atoms with Gasteiger partial charge in [0.05, 0.1) is 6.20 Å². The van der Waals surface area contributed by atoms with E-state index in [9.17, 15) is 0 Å². The fourth-order valence-electron chi connectivity index (χ4n) is 2.85. The molecule has 1 saturated carbocycles. The number of nitrogens with zero attached hydrogens (tertiary/aromatic N) is 2. The minimum atomic E-state index is 0.517. The van der Waals surface area contributed by atoms with Crippen molar-refractivity contribution in [3.8, 4) is 0 Å². The van der Waals surface area contributed by atoms with E-state index < -0.39 is 0 Å². The normalized spacial score (nSPS) is 23.4. The molecule has 1 heterocycles. The zero-order valence-electron chi connectivity index (χ0n) is 11.2. The number of thioether (sulfide) groups is 1. The molecule has 3 nitrogen and oxygen atoms in total. The molecule has 2 unspecified atom stereocenters. The third-order valence-corrected chi connectivity index (χ3v) is 5.07. The highest BCUT2D eigenvalue weighted by Gasteiger charge is 2.24. The summed E-state index contributed by atoms with van der Waals surface area (Å²) in [5.41, 5.74) is 0. The summed E-state index contributed by atoms with van der Waals surface area (Å²) in [6.07, 6.45) is 9.23. The Morgan fingerprint density at radius 2 is 2.05 bits per heavy atom. The molecule has 4 heteroatoms. The molecule has 2 aromatic rings. The molecule has 0 saturated heterocycles. The van der Waals surface area contributed by atoms with E-state index in [1.165, 1.54) is 31.1 Å². The molecule has 3 rings (SSSR count). The van der Waals surface area contributed by atoms with Gasteiger partial charge in [-0.25, -0.2) is 0 Å². The molecule has 0 spiro atoms. The number of nitrogens with one attached hydrogen (secondary N) is 1. The molecule has 1 aliphatic rings. The van der Waals surface area contributed by atoms with E-state index in [1.54, 1.807) is 0 Å². The SMILES string of the molecule is CSC1CCCCC1Nc1nncc2ccccc12. The summed E-state index contributed by atoms with van der Waals surface area (Å²) in [4.78, 5) is 0. The Morgan fingerprint density at radius 1 is 1.21 bits per heavy atom. The fraction of sp³-hybridized carbons (Fsp3) is 0.467. The largest absolute Gasteiger partial charge is 0.364 e. The molecular weight excluding hydrogens is 254 g/mol. The summed E-state index contributed by atoms with van der Waals surface area (Å²) in [7, 11) is 0. The van der Waals surface area contributed by atoms with Crippen molar-refractivity contribution in [2.24, 2.45) is 0 Å². The van der Waals surface area contributed by atoms with Gasteiger partial charge in [-0.2, -0.15) is 16.9 Å². The van der Waals surface area contributed by atoms with E-state index in [4.69, 9.17) is 0 Å². The standard InChI is InChI=1S/C15H19N3S/c1-19-14-9-5-4-8-13(14)17-15-12-7-3-2-6-11(12)10-16-18-15/h2-3,6-7,10,13-14H,4-5,8-9H2,1H3,(H,17,18). The van der Waals surface area contributed by atoms with Crippen LogP contribution in [0, 0.1) is 0 Å². The molecule has 1 aromatic heterocycles. The van der Waals surface area contributed by atoms with Gasteiger partial charge in [0, 0.05) is 22.1 Å². The predicted molar refractivity (Wildman–Crippen MR) is 82.7 cm³/mol. The first-order valence-electron chi connectivity index (χ1n) is 6.88. The number of rotatable bonds is 3. The molecule has 1 fully saturated rings. The van der Waals surface area contributed by atoms with Gasteiger partial charge in [-0.1, -0.05) is 37.1 Å². The zero-order valence-corrected chi connectivity index (χ0v) is 12.0. The second-order valence-corrected chi connectivity index (χ2v) is 6.17. The number of aromatic nitrogens is 2. The molecule has 1 aliphatic carbocycles. The van der Waals surface area contributed by atoms with Crippen molar-refractivity contribution in [1.82, 2.24) is 10.2 Å². The zero-order chi connectivity index (χ0) is 13.1. The third kappa shape index (κ3) is 2.68. The molecule has 0 aliphatic heterocycles. The maximum atomic E-state index is 4.30. The van der Waals surface area contributed by atoms with Crippen LogP contribution < -0.4 is 5.32 Å². The van der Waals surface area contributed by atoms with Crippen LogP contribution >= 0.6 is 11.8 Å². The highest BCUT2D eigenvalue weighted by molar-refractivity contribution is 7.99. The van der Waals surface area contributed by atoms with Crippen molar-refractivity contribution in [3.63, 3.8) is 0 Å². The monoisotopic (exact) mass is 273 g/mol. The first-order valence-corrected chi connectivity index (χ1v) is 8.17. The molecule has 1 aromatic carbocycles. The van der Waals surface area contributed by atoms with Gasteiger partial charge in [0.25, 0.3) is 0 Å².